The zero-order chi connectivity index (χ0) is 26.2. The molecule has 5 rings (SSSR count). The van der Waals surface area contributed by atoms with Crippen molar-refractivity contribution < 1.29 is 23.8 Å². The van der Waals surface area contributed by atoms with Gasteiger partial charge in [-0.15, -0.1) is 0 Å². The zero-order valence-electron chi connectivity index (χ0n) is 21.5. The molecule has 0 aliphatic carbocycles. The molecule has 37 heavy (non-hydrogen) atoms. The second-order valence-electron chi connectivity index (χ2n) is 10.3. The summed E-state index contributed by atoms with van der Waals surface area (Å²) in [5.74, 6) is 1.42. The van der Waals surface area contributed by atoms with Crippen molar-refractivity contribution in [3.05, 3.63) is 65.1 Å². The highest BCUT2D eigenvalue weighted by atomic mass is 16.6. The number of hydrogen-bond acceptors (Lipinski definition) is 6. The number of fused-ring (bicyclic) bond motifs is 2. The number of ketones is 1. The molecule has 0 atom stereocenters. The van der Waals surface area contributed by atoms with E-state index in [1.165, 1.54) is 0 Å². The molecule has 0 spiro atoms. The fraction of sp³-hybridized carbons (Fsp3) is 0.345. The van der Waals surface area contributed by atoms with E-state index < -0.39 is 5.60 Å². The number of ether oxygens (including phenoxy) is 3. The van der Waals surface area contributed by atoms with Gasteiger partial charge in [0.1, 0.15) is 17.1 Å². The molecule has 0 unspecified atom stereocenters. The van der Waals surface area contributed by atoms with Gasteiger partial charge in [-0.05, 0) is 57.7 Å². The van der Waals surface area contributed by atoms with Crippen LogP contribution in [0.2, 0.25) is 0 Å². The summed E-state index contributed by atoms with van der Waals surface area (Å²) in [7, 11) is 1.60. The number of nitrogens with one attached hydrogen (secondary N) is 1. The van der Waals surface area contributed by atoms with E-state index in [9.17, 15) is 9.59 Å². The van der Waals surface area contributed by atoms with Gasteiger partial charge in [0, 0.05) is 24.6 Å². The quantitative estimate of drug-likeness (QED) is 0.451. The molecule has 192 valence electrons. The van der Waals surface area contributed by atoms with Crippen LogP contribution in [0.3, 0.4) is 0 Å². The van der Waals surface area contributed by atoms with Crippen LogP contribution in [0.25, 0.3) is 23.1 Å². The topological polar surface area (TPSA) is 93.8 Å². The lowest BCUT2D eigenvalue weighted by Gasteiger charge is -2.32. The number of H-pyrrole nitrogens is 1. The van der Waals surface area contributed by atoms with Crippen LogP contribution in [-0.4, -0.2) is 52.8 Å². The van der Waals surface area contributed by atoms with Gasteiger partial charge in [-0.2, -0.15) is 5.10 Å². The maximum absolute atomic E-state index is 13.2. The number of aromatic nitrogens is 2. The molecule has 2 aliphatic rings. The molecule has 0 saturated carbocycles. The number of para-hydroxylation sites is 1. The molecule has 1 saturated heterocycles. The zero-order valence-corrected chi connectivity index (χ0v) is 21.5. The molecule has 3 aromatic rings. The molecule has 1 fully saturated rings. The van der Waals surface area contributed by atoms with Gasteiger partial charge in [0.25, 0.3) is 0 Å². The van der Waals surface area contributed by atoms with Crippen LogP contribution in [-0.2, 0) is 4.74 Å². The minimum Gasteiger partial charge on any atom is -0.496 e. The van der Waals surface area contributed by atoms with Crippen LogP contribution in [0.1, 0.15) is 55.2 Å². The van der Waals surface area contributed by atoms with Crippen molar-refractivity contribution >= 4 is 34.9 Å². The van der Waals surface area contributed by atoms with Crippen molar-refractivity contribution in [2.24, 2.45) is 5.92 Å². The van der Waals surface area contributed by atoms with Crippen molar-refractivity contribution in [3.63, 3.8) is 0 Å². The number of aromatic amines is 1. The van der Waals surface area contributed by atoms with E-state index in [2.05, 4.69) is 16.3 Å². The number of carbonyl (C=O) groups excluding carboxylic acids is 2. The van der Waals surface area contributed by atoms with Gasteiger partial charge in [-0.25, -0.2) is 4.79 Å². The summed E-state index contributed by atoms with van der Waals surface area (Å²) < 4.78 is 17.2. The molecule has 1 aromatic heterocycles. The Labute approximate surface area is 215 Å². The number of amides is 1. The summed E-state index contributed by atoms with van der Waals surface area (Å²) in [4.78, 5) is 27.3. The van der Waals surface area contributed by atoms with E-state index >= 15 is 0 Å². The van der Waals surface area contributed by atoms with Crippen molar-refractivity contribution in [1.82, 2.24) is 15.1 Å². The van der Waals surface area contributed by atoms with Gasteiger partial charge >= 0.3 is 6.09 Å². The number of hydrogen-bond donors (Lipinski definition) is 1. The Morgan fingerprint density at radius 3 is 2.65 bits per heavy atom. The van der Waals surface area contributed by atoms with Crippen LogP contribution in [0.5, 0.6) is 11.5 Å². The number of Topliss-reactive ketones (excluding diaryl/α,β-unsaturated/α-hetero) is 1. The van der Waals surface area contributed by atoms with E-state index in [1.54, 1.807) is 30.2 Å². The summed E-state index contributed by atoms with van der Waals surface area (Å²) in [6.07, 6.45) is 7.13. The number of carbonyl (C=O) groups is 2. The third-order valence-electron chi connectivity index (χ3n) is 6.55. The predicted molar refractivity (Wildman–Crippen MR) is 142 cm³/mol. The molecular formula is C29H31N3O5. The lowest BCUT2D eigenvalue weighted by Crippen LogP contribution is -2.41. The van der Waals surface area contributed by atoms with Gasteiger partial charge in [0.05, 0.1) is 29.4 Å². The van der Waals surface area contributed by atoms with E-state index in [0.29, 0.717) is 35.8 Å². The Balaban J connectivity index is 1.34. The van der Waals surface area contributed by atoms with Gasteiger partial charge in [0.2, 0.25) is 5.78 Å². The molecule has 0 bridgehead atoms. The minimum atomic E-state index is -0.507. The maximum atomic E-state index is 13.2. The van der Waals surface area contributed by atoms with Crippen molar-refractivity contribution in [2.45, 2.75) is 39.2 Å². The minimum absolute atomic E-state index is 0.190. The highest BCUT2D eigenvalue weighted by Crippen LogP contribution is 2.41. The third-order valence-corrected chi connectivity index (χ3v) is 6.55. The summed E-state index contributed by atoms with van der Waals surface area (Å²) in [6.45, 7) is 6.88. The number of likely N-dealkylation sites (tertiary alicyclic amines) is 1. The van der Waals surface area contributed by atoms with Crippen LogP contribution >= 0.6 is 0 Å². The van der Waals surface area contributed by atoms with Crippen LogP contribution in [0.4, 0.5) is 4.79 Å². The van der Waals surface area contributed by atoms with Gasteiger partial charge in [-0.1, -0.05) is 30.4 Å². The van der Waals surface area contributed by atoms with Gasteiger partial charge in [0.15, 0.2) is 5.76 Å². The maximum Gasteiger partial charge on any atom is 0.410 e. The summed E-state index contributed by atoms with van der Waals surface area (Å²) in [5, 5.41) is 8.23. The molecule has 0 radical (unpaired) electrons. The normalized spacial score (nSPS) is 17.5. The summed E-state index contributed by atoms with van der Waals surface area (Å²) in [5.41, 5.74) is 2.24. The van der Waals surface area contributed by atoms with Crippen molar-refractivity contribution in [3.8, 4) is 11.5 Å². The lowest BCUT2D eigenvalue weighted by atomic mass is 9.95. The molecule has 2 aliphatic heterocycles. The Bertz CT molecular complexity index is 1400. The highest BCUT2D eigenvalue weighted by molar-refractivity contribution is 6.15. The summed E-state index contributed by atoms with van der Waals surface area (Å²) >= 11 is 0. The first-order valence-corrected chi connectivity index (χ1v) is 12.5. The second-order valence-corrected chi connectivity index (χ2v) is 10.3. The average Bonchev–Trinajstić information content (AvgIpc) is 3.43. The Morgan fingerprint density at radius 1 is 1.16 bits per heavy atom. The predicted octanol–water partition coefficient (Wildman–Crippen LogP) is 5.85. The van der Waals surface area contributed by atoms with Gasteiger partial charge in [-0.3, -0.25) is 9.89 Å². The number of rotatable bonds is 4. The van der Waals surface area contributed by atoms with E-state index in [0.717, 1.165) is 29.3 Å². The van der Waals surface area contributed by atoms with Crippen molar-refractivity contribution in [2.75, 3.05) is 20.2 Å². The fourth-order valence-electron chi connectivity index (χ4n) is 4.64. The molecule has 8 nitrogen and oxygen atoms in total. The Kier molecular flexibility index (Phi) is 6.50. The number of methoxy groups -OCH3 is 1. The molecule has 8 heteroatoms. The average molecular weight is 502 g/mol. The molecule has 3 heterocycles. The lowest BCUT2D eigenvalue weighted by molar-refractivity contribution is 0.0197. The first-order chi connectivity index (χ1) is 17.7. The second kappa shape index (κ2) is 9.76. The smallest absolute Gasteiger partial charge is 0.410 e. The molecular weight excluding hydrogens is 470 g/mol. The molecule has 2 aromatic carbocycles. The van der Waals surface area contributed by atoms with Crippen LogP contribution in [0, 0.1) is 5.92 Å². The van der Waals surface area contributed by atoms with E-state index in [-0.39, 0.29) is 23.6 Å². The third kappa shape index (κ3) is 5.09. The van der Waals surface area contributed by atoms with Crippen LogP contribution < -0.4 is 9.47 Å². The van der Waals surface area contributed by atoms with Crippen LogP contribution in [0.15, 0.2) is 48.2 Å². The molecule has 1 amide bonds. The fourth-order valence-corrected chi connectivity index (χ4v) is 4.64. The van der Waals surface area contributed by atoms with E-state index in [1.807, 2.05) is 51.1 Å². The van der Waals surface area contributed by atoms with Crippen molar-refractivity contribution in [1.29, 1.82) is 0 Å². The standard InChI is InChI=1S/C29H31N3O5/c1-29(2,3)37-28(34)32-15-13-18(14-16-32)9-10-20-24(35-4)12-11-21-26(33)25(36-27(20)21)17-23-19-7-5-6-8-22(19)30-31-23/h5-12,17-18H,13-16H2,1-4H3,(H,30,31)/b10-9-,25-17-. The van der Waals surface area contributed by atoms with E-state index in [4.69, 9.17) is 14.2 Å². The largest absolute Gasteiger partial charge is 0.496 e. The first-order valence-electron chi connectivity index (χ1n) is 12.5. The number of nitrogens with zero attached hydrogens (tertiary/aromatic N) is 2. The SMILES string of the molecule is COc1ccc2c(c1/C=C\C1CCN(C(=O)OC(C)(C)C)CC1)O/C(=C\c1n[nH]c3ccccc13)C2=O. The first kappa shape index (κ1) is 24.6. The summed E-state index contributed by atoms with van der Waals surface area (Å²) in [6, 6.07) is 11.3. The number of benzene rings is 2. The highest BCUT2D eigenvalue weighted by Gasteiger charge is 2.32. The van der Waals surface area contributed by atoms with Gasteiger partial charge < -0.3 is 19.1 Å². The monoisotopic (exact) mass is 501 g/mol. The molecule has 1 N–H and O–H groups in total. The Hall–Kier alpha value is -4.07. The number of piperidine rings is 1. The number of allylic oxidation sites excluding steroid dienone is 2. The Morgan fingerprint density at radius 2 is 1.92 bits per heavy atom.